The molecule has 0 saturated heterocycles. The predicted octanol–water partition coefficient (Wildman–Crippen LogP) is 3.35. The van der Waals surface area contributed by atoms with Gasteiger partial charge >= 0.3 is 0 Å². The molecule has 3 aromatic rings. The Balaban J connectivity index is 1.58. The second-order valence-corrected chi connectivity index (χ2v) is 7.45. The molecule has 4 N–H and O–H groups in total. The standard InChI is InChI=1S/C23H21FN6/c1-13(28-22-20-21(27-12-26-20)29-23(25)30-22)17-10-9-14-5-2-3-8-18(14)19(17)15-6-4-7-16(24)11-15/h2-13,20,22,28H,1H3,(H3,25,26,27,29,30). The smallest absolute Gasteiger partial charge is 0.218 e. The molecule has 0 amide bonds. The molecule has 0 spiro atoms. The quantitative estimate of drug-likeness (QED) is 0.628. The lowest BCUT2D eigenvalue weighted by atomic mass is 9.90. The van der Waals surface area contributed by atoms with E-state index in [0.29, 0.717) is 5.84 Å². The second-order valence-electron chi connectivity index (χ2n) is 7.45. The van der Waals surface area contributed by atoms with Crippen LogP contribution in [0.1, 0.15) is 18.5 Å². The number of halogens is 1. The lowest BCUT2D eigenvalue weighted by molar-refractivity contribution is 0.445. The summed E-state index contributed by atoms with van der Waals surface area (Å²) in [5, 5.41) is 8.72. The summed E-state index contributed by atoms with van der Waals surface area (Å²) in [6.07, 6.45) is 1.27. The second kappa shape index (κ2) is 7.35. The molecule has 3 aromatic carbocycles. The molecule has 2 heterocycles. The van der Waals surface area contributed by atoms with E-state index in [0.717, 1.165) is 27.5 Å². The SMILES string of the molecule is CC(NC1N=C(N)N=C2NC=NC21)c1ccc2ccccc2c1-c1cccc(F)c1. The third-order valence-electron chi connectivity index (χ3n) is 5.49. The van der Waals surface area contributed by atoms with Crippen LogP contribution in [0, 0.1) is 5.82 Å². The number of hydrogen-bond acceptors (Lipinski definition) is 6. The third-order valence-corrected chi connectivity index (χ3v) is 5.49. The minimum absolute atomic E-state index is 0.0930. The van der Waals surface area contributed by atoms with Crippen LogP contribution >= 0.6 is 0 Å². The van der Waals surface area contributed by atoms with Gasteiger partial charge in [-0.25, -0.2) is 9.38 Å². The van der Waals surface area contributed by atoms with Gasteiger partial charge in [0.2, 0.25) is 5.96 Å². The normalized spacial score (nSPS) is 21.0. The fourth-order valence-corrected chi connectivity index (χ4v) is 4.12. The zero-order valence-electron chi connectivity index (χ0n) is 16.4. The zero-order chi connectivity index (χ0) is 20.7. The van der Waals surface area contributed by atoms with E-state index >= 15 is 0 Å². The molecule has 0 aliphatic carbocycles. The average Bonchev–Trinajstić information content (AvgIpc) is 3.21. The molecule has 0 bridgehead atoms. The van der Waals surface area contributed by atoms with Crippen molar-refractivity contribution in [1.82, 2.24) is 10.6 Å². The first-order chi connectivity index (χ1) is 14.6. The zero-order valence-corrected chi connectivity index (χ0v) is 16.4. The van der Waals surface area contributed by atoms with E-state index in [1.54, 1.807) is 18.5 Å². The summed E-state index contributed by atoms with van der Waals surface area (Å²) in [5.41, 5.74) is 8.78. The third kappa shape index (κ3) is 3.23. The number of nitrogens with two attached hydrogens (primary N) is 1. The number of fused-ring (bicyclic) bond motifs is 2. The Bertz CT molecular complexity index is 1220. The van der Waals surface area contributed by atoms with E-state index in [4.69, 9.17) is 5.73 Å². The minimum Gasteiger partial charge on any atom is -0.368 e. The minimum atomic E-state index is -0.342. The maximum atomic E-state index is 14.1. The van der Waals surface area contributed by atoms with Gasteiger partial charge in [0.1, 0.15) is 23.9 Å². The van der Waals surface area contributed by atoms with Gasteiger partial charge in [-0.15, -0.1) is 0 Å². The van der Waals surface area contributed by atoms with Gasteiger partial charge in [-0.05, 0) is 46.5 Å². The number of nitrogens with zero attached hydrogens (tertiary/aromatic N) is 3. The highest BCUT2D eigenvalue weighted by Crippen LogP contribution is 2.36. The molecule has 5 rings (SSSR count). The van der Waals surface area contributed by atoms with E-state index in [-0.39, 0.29) is 30.0 Å². The van der Waals surface area contributed by atoms with Gasteiger partial charge in [0.15, 0.2) is 0 Å². The van der Waals surface area contributed by atoms with Crippen molar-refractivity contribution in [2.75, 3.05) is 0 Å². The van der Waals surface area contributed by atoms with Crippen molar-refractivity contribution < 1.29 is 4.39 Å². The summed E-state index contributed by atoms with van der Waals surface area (Å²) in [5.74, 6) is 0.646. The molecule has 0 fully saturated rings. The van der Waals surface area contributed by atoms with Crippen LogP contribution in [0.3, 0.4) is 0 Å². The van der Waals surface area contributed by atoms with E-state index in [1.165, 1.54) is 6.07 Å². The molecule has 150 valence electrons. The van der Waals surface area contributed by atoms with E-state index in [2.05, 4.69) is 56.8 Å². The van der Waals surface area contributed by atoms with Crippen LogP contribution in [-0.4, -0.2) is 30.3 Å². The van der Waals surface area contributed by atoms with Crippen LogP contribution in [0.4, 0.5) is 4.39 Å². The van der Waals surface area contributed by atoms with Gasteiger partial charge in [0.05, 0.1) is 6.34 Å². The van der Waals surface area contributed by atoms with Crippen LogP contribution in [-0.2, 0) is 0 Å². The lowest BCUT2D eigenvalue weighted by Gasteiger charge is -2.28. The van der Waals surface area contributed by atoms with Gasteiger partial charge < -0.3 is 11.1 Å². The van der Waals surface area contributed by atoms with Crippen molar-refractivity contribution in [3.05, 3.63) is 72.0 Å². The summed E-state index contributed by atoms with van der Waals surface area (Å²) in [7, 11) is 0. The predicted molar refractivity (Wildman–Crippen MR) is 119 cm³/mol. The molecule has 2 aliphatic heterocycles. The fraction of sp³-hybridized carbons (Fsp3) is 0.174. The van der Waals surface area contributed by atoms with Crippen LogP contribution < -0.4 is 16.4 Å². The molecular formula is C23H21FN6. The van der Waals surface area contributed by atoms with Gasteiger partial charge in [-0.3, -0.25) is 10.3 Å². The largest absolute Gasteiger partial charge is 0.368 e. The fourth-order valence-electron chi connectivity index (χ4n) is 4.12. The molecule has 30 heavy (non-hydrogen) atoms. The Labute approximate surface area is 173 Å². The van der Waals surface area contributed by atoms with Crippen molar-refractivity contribution in [2.24, 2.45) is 20.7 Å². The molecule has 6 nitrogen and oxygen atoms in total. The van der Waals surface area contributed by atoms with E-state index in [1.807, 2.05) is 18.2 Å². The summed E-state index contributed by atoms with van der Waals surface area (Å²) in [6, 6.07) is 18.7. The molecule has 0 radical (unpaired) electrons. The maximum absolute atomic E-state index is 14.1. The first kappa shape index (κ1) is 18.4. The number of amidine groups is 1. The summed E-state index contributed by atoms with van der Waals surface area (Å²) in [4.78, 5) is 13.1. The maximum Gasteiger partial charge on any atom is 0.218 e. The van der Waals surface area contributed by atoms with Crippen LogP contribution in [0.25, 0.3) is 21.9 Å². The highest BCUT2D eigenvalue weighted by Gasteiger charge is 2.33. The summed E-state index contributed by atoms with van der Waals surface area (Å²) < 4.78 is 14.1. The molecular weight excluding hydrogens is 379 g/mol. The number of aliphatic imine (C=N–C) groups is 3. The molecule has 7 heteroatoms. The lowest BCUT2D eigenvalue weighted by Crippen LogP contribution is -2.48. The first-order valence-corrected chi connectivity index (χ1v) is 9.84. The van der Waals surface area contributed by atoms with E-state index in [9.17, 15) is 4.39 Å². The average molecular weight is 400 g/mol. The summed E-state index contributed by atoms with van der Waals surface area (Å²) in [6.45, 7) is 2.07. The van der Waals surface area contributed by atoms with Gasteiger partial charge in [0.25, 0.3) is 0 Å². The number of rotatable bonds is 4. The Morgan fingerprint density at radius 2 is 1.97 bits per heavy atom. The van der Waals surface area contributed by atoms with Crippen molar-refractivity contribution in [3.63, 3.8) is 0 Å². The monoisotopic (exact) mass is 400 g/mol. The number of hydrogen-bond donors (Lipinski definition) is 3. The Kier molecular flexibility index (Phi) is 4.52. The Hall–Kier alpha value is -3.58. The van der Waals surface area contributed by atoms with Crippen LogP contribution in [0.2, 0.25) is 0 Å². The number of benzene rings is 3. The number of guanidine groups is 1. The Morgan fingerprint density at radius 1 is 1.10 bits per heavy atom. The first-order valence-electron chi connectivity index (χ1n) is 9.84. The van der Waals surface area contributed by atoms with Crippen molar-refractivity contribution in [3.8, 4) is 11.1 Å². The number of nitrogens with one attached hydrogen (secondary N) is 2. The highest BCUT2D eigenvalue weighted by atomic mass is 19.1. The topological polar surface area (TPSA) is 87.2 Å². The molecule has 2 aliphatic rings. The molecule has 3 unspecified atom stereocenters. The van der Waals surface area contributed by atoms with Gasteiger partial charge in [-0.1, -0.05) is 48.5 Å². The molecule has 0 saturated carbocycles. The van der Waals surface area contributed by atoms with Crippen LogP contribution in [0.5, 0.6) is 0 Å². The van der Waals surface area contributed by atoms with Crippen molar-refractivity contribution in [2.45, 2.75) is 25.2 Å². The van der Waals surface area contributed by atoms with Gasteiger partial charge in [-0.2, -0.15) is 4.99 Å². The van der Waals surface area contributed by atoms with Crippen molar-refractivity contribution >= 4 is 28.9 Å². The molecule has 3 atom stereocenters. The molecule has 0 aromatic heterocycles. The summed E-state index contributed by atoms with van der Waals surface area (Å²) >= 11 is 0. The van der Waals surface area contributed by atoms with Gasteiger partial charge in [0, 0.05) is 6.04 Å². The highest BCUT2D eigenvalue weighted by molar-refractivity contribution is 6.08. The Morgan fingerprint density at radius 3 is 2.83 bits per heavy atom. The van der Waals surface area contributed by atoms with Crippen LogP contribution in [0.15, 0.2) is 75.6 Å². The van der Waals surface area contributed by atoms with Crippen molar-refractivity contribution in [1.29, 1.82) is 0 Å². The van der Waals surface area contributed by atoms with E-state index < -0.39 is 0 Å².